The first-order valence-corrected chi connectivity index (χ1v) is 7.33. The smallest absolute Gasteiger partial charge is 0.311 e. The number of nitro groups is 1. The maximum atomic E-state index is 11.1. The molecule has 0 aromatic carbocycles. The average Bonchev–Trinajstić information content (AvgIpc) is 2.46. The van der Waals surface area contributed by atoms with Crippen LogP contribution in [-0.2, 0) is 0 Å². The van der Waals surface area contributed by atoms with Crippen molar-refractivity contribution in [1.82, 2.24) is 9.88 Å². The molecule has 0 amide bonds. The van der Waals surface area contributed by atoms with Crippen LogP contribution in [0, 0.1) is 10.1 Å². The Labute approximate surface area is 122 Å². The molecular weight excluding hydrogens is 280 g/mol. The van der Waals surface area contributed by atoms with E-state index in [1.807, 2.05) is 4.90 Å². The number of piperidine rings is 1. The third kappa shape index (κ3) is 2.58. The van der Waals surface area contributed by atoms with Gasteiger partial charge in [0, 0.05) is 31.7 Å². The van der Waals surface area contributed by atoms with Crippen LogP contribution in [0.25, 0.3) is 0 Å². The molecule has 1 aromatic heterocycles. The molecule has 2 saturated heterocycles. The highest BCUT2D eigenvalue weighted by molar-refractivity contribution is 6.29. The Morgan fingerprint density at radius 1 is 1.30 bits per heavy atom. The lowest BCUT2D eigenvalue weighted by Crippen LogP contribution is -2.55. The number of rotatable bonds is 2. The van der Waals surface area contributed by atoms with Crippen LogP contribution in [0.15, 0.2) is 12.1 Å². The van der Waals surface area contributed by atoms with Gasteiger partial charge in [0.1, 0.15) is 5.15 Å². The minimum atomic E-state index is -0.383. The Balaban J connectivity index is 1.85. The van der Waals surface area contributed by atoms with Crippen LogP contribution in [0.4, 0.5) is 11.5 Å². The van der Waals surface area contributed by atoms with Crippen LogP contribution in [0.1, 0.15) is 19.3 Å². The van der Waals surface area contributed by atoms with Gasteiger partial charge < -0.3 is 4.90 Å². The quantitative estimate of drug-likeness (QED) is 0.476. The lowest BCUT2D eigenvalue weighted by atomic mass is 9.99. The van der Waals surface area contributed by atoms with Crippen LogP contribution in [0.5, 0.6) is 0 Å². The standard InChI is InChI=1S/C13H17ClN4O2/c14-12-5-4-11(18(19)20)13(15-12)17-8-7-16-6-2-1-3-10(16)9-17/h4-5,10H,1-3,6-9H2. The normalized spacial score (nSPS) is 23.4. The van der Waals surface area contributed by atoms with E-state index in [0.29, 0.717) is 17.0 Å². The second-order valence-corrected chi connectivity index (χ2v) is 5.75. The number of halogens is 1. The van der Waals surface area contributed by atoms with E-state index in [-0.39, 0.29) is 10.6 Å². The second kappa shape index (κ2) is 5.54. The van der Waals surface area contributed by atoms with Crippen molar-refractivity contribution in [2.45, 2.75) is 25.3 Å². The number of hydrogen-bond acceptors (Lipinski definition) is 5. The van der Waals surface area contributed by atoms with Crippen molar-refractivity contribution >= 4 is 23.1 Å². The van der Waals surface area contributed by atoms with Crippen LogP contribution < -0.4 is 4.90 Å². The summed E-state index contributed by atoms with van der Waals surface area (Å²) in [5.74, 6) is 0.410. The monoisotopic (exact) mass is 296 g/mol. The summed E-state index contributed by atoms with van der Waals surface area (Å²) in [6.45, 7) is 3.65. The minimum Gasteiger partial charge on any atom is -0.348 e. The van der Waals surface area contributed by atoms with E-state index in [0.717, 1.165) is 32.6 Å². The molecule has 0 N–H and O–H groups in total. The molecule has 1 atom stereocenters. The van der Waals surface area contributed by atoms with Gasteiger partial charge in [-0.15, -0.1) is 0 Å². The minimum absolute atomic E-state index is 0.0404. The summed E-state index contributed by atoms with van der Waals surface area (Å²) in [5, 5.41) is 11.4. The van der Waals surface area contributed by atoms with Gasteiger partial charge in [-0.25, -0.2) is 4.98 Å². The van der Waals surface area contributed by atoms with Crippen molar-refractivity contribution in [3.8, 4) is 0 Å². The molecule has 3 rings (SSSR count). The van der Waals surface area contributed by atoms with Crippen molar-refractivity contribution in [3.05, 3.63) is 27.4 Å². The Bertz CT molecular complexity index is 525. The Morgan fingerprint density at radius 2 is 2.15 bits per heavy atom. The molecule has 3 heterocycles. The van der Waals surface area contributed by atoms with Crippen LogP contribution >= 0.6 is 11.6 Å². The highest BCUT2D eigenvalue weighted by Gasteiger charge is 2.32. The summed E-state index contributed by atoms with van der Waals surface area (Å²) < 4.78 is 0. The van der Waals surface area contributed by atoms with E-state index in [1.165, 1.54) is 25.0 Å². The number of nitrogens with zero attached hydrogens (tertiary/aromatic N) is 4. The summed E-state index contributed by atoms with van der Waals surface area (Å²) in [6.07, 6.45) is 3.65. The highest BCUT2D eigenvalue weighted by atomic mass is 35.5. The molecule has 0 saturated carbocycles. The molecule has 6 nitrogen and oxygen atoms in total. The van der Waals surface area contributed by atoms with Crippen molar-refractivity contribution < 1.29 is 4.92 Å². The zero-order valence-electron chi connectivity index (χ0n) is 11.2. The van der Waals surface area contributed by atoms with Gasteiger partial charge in [0.2, 0.25) is 5.82 Å². The number of aromatic nitrogens is 1. The van der Waals surface area contributed by atoms with E-state index < -0.39 is 0 Å². The average molecular weight is 297 g/mol. The fraction of sp³-hybridized carbons (Fsp3) is 0.615. The number of piperazine rings is 1. The Hall–Kier alpha value is -1.40. The molecule has 0 aliphatic carbocycles. The summed E-state index contributed by atoms with van der Waals surface area (Å²) >= 11 is 5.91. The predicted octanol–water partition coefficient (Wildman–Crippen LogP) is 2.32. The van der Waals surface area contributed by atoms with E-state index >= 15 is 0 Å². The molecule has 0 spiro atoms. The van der Waals surface area contributed by atoms with Gasteiger partial charge >= 0.3 is 5.69 Å². The van der Waals surface area contributed by atoms with Gasteiger partial charge in [-0.05, 0) is 25.5 Å². The Morgan fingerprint density at radius 3 is 2.95 bits per heavy atom. The van der Waals surface area contributed by atoms with Gasteiger partial charge in [-0.2, -0.15) is 0 Å². The largest absolute Gasteiger partial charge is 0.348 e. The summed E-state index contributed by atoms with van der Waals surface area (Å²) in [7, 11) is 0. The summed E-state index contributed by atoms with van der Waals surface area (Å²) in [6, 6.07) is 3.40. The second-order valence-electron chi connectivity index (χ2n) is 5.37. The zero-order valence-corrected chi connectivity index (χ0v) is 11.9. The molecule has 2 fully saturated rings. The Kier molecular flexibility index (Phi) is 3.76. The molecule has 108 valence electrons. The fourth-order valence-electron chi connectivity index (χ4n) is 3.14. The van der Waals surface area contributed by atoms with E-state index in [9.17, 15) is 10.1 Å². The molecule has 7 heteroatoms. The summed E-state index contributed by atoms with van der Waals surface area (Å²) in [4.78, 5) is 19.4. The molecule has 1 unspecified atom stereocenters. The van der Waals surface area contributed by atoms with Crippen molar-refractivity contribution in [3.63, 3.8) is 0 Å². The fourth-order valence-corrected chi connectivity index (χ4v) is 3.28. The van der Waals surface area contributed by atoms with E-state index in [2.05, 4.69) is 9.88 Å². The van der Waals surface area contributed by atoms with Crippen molar-refractivity contribution in [2.24, 2.45) is 0 Å². The first-order valence-electron chi connectivity index (χ1n) is 6.95. The SMILES string of the molecule is O=[N+]([O-])c1ccc(Cl)nc1N1CCN2CCCCC2C1. The van der Waals surface area contributed by atoms with Crippen LogP contribution in [0.2, 0.25) is 5.15 Å². The van der Waals surface area contributed by atoms with Gasteiger partial charge in [0.05, 0.1) is 4.92 Å². The number of pyridine rings is 1. The molecular formula is C13H17ClN4O2. The molecule has 0 radical (unpaired) electrons. The van der Waals surface area contributed by atoms with Gasteiger partial charge in [0.25, 0.3) is 0 Å². The molecule has 0 bridgehead atoms. The highest BCUT2D eigenvalue weighted by Crippen LogP contribution is 2.31. The lowest BCUT2D eigenvalue weighted by molar-refractivity contribution is -0.384. The molecule has 2 aliphatic rings. The lowest BCUT2D eigenvalue weighted by Gasteiger charge is -2.44. The first-order chi connectivity index (χ1) is 9.65. The molecule has 1 aromatic rings. The van der Waals surface area contributed by atoms with Crippen LogP contribution in [-0.4, -0.2) is 47.0 Å². The third-order valence-electron chi connectivity index (χ3n) is 4.15. The maximum Gasteiger partial charge on any atom is 0.311 e. The number of fused-ring (bicyclic) bond motifs is 1. The van der Waals surface area contributed by atoms with Gasteiger partial charge in [-0.1, -0.05) is 18.0 Å². The van der Waals surface area contributed by atoms with Gasteiger partial charge in [-0.3, -0.25) is 15.0 Å². The predicted molar refractivity (Wildman–Crippen MR) is 77.3 cm³/mol. The van der Waals surface area contributed by atoms with Gasteiger partial charge in [0.15, 0.2) is 0 Å². The summed E-state index contributed by atoms with van der Waals surface area (Å²) in [5.41, 5.74) is 0.0404. The molecule has 2 aliphatic heterocycles. The van der Waals surface area contributed by atoms with E-state index in [1.54, 1.807) is 0 Å². The third-order valence-corrected chi connectivity index (χ3v) is 4.36. The van der Waals surface area contributed by atoms with Crippen molar-refractivity contribution in [1.29, 1.82) is 0 Å². The van der Waals surface area contributed by atoms with Crippen LogP contribution in [0.3, 0.4) is 0 Å². The number of anilines is 1. The number of hydrogen-bond donors (Lipinski definition) is 0. The first kappa shape index (κ1) is 13.6. The zero-order chi connectivity index (χ0) is 14.1. The topological polar surface area (TPSA) is 62.5 Å². The maximum absolute atomic E-state index is 11.1. The molecule has 20 heavy (non-hydrogen) atoms. The van der Waals surface area contributed by atoms with E-state index in [4.69, 9.17) is 11.6 Å². The van der Waals surface area contributed by atoms with Crippen molar-refractivity contribution in [2.75, 3.05) is 31.1 Å².